The number of hydrogen-bond acceptors (Lipinski definition) is 4. The van der Waals surface area contributed by atoms with Gasteiger partial charge in [0.1, 0.15) is 11.5 Å². The molecule has 2 heterocycles. The smallest absolute Gasteiger partial charge is 0.339 e. The number of rotatable bonds is 4. The number of imide groups is 1. The van der Waals surface area contributed by atoms with Gasteiger partial charge >= 0.3 is 5.97 Å². The molecule has 0 bridgehead atoms. The second-order valence-corrected chi connectivity index (χ2v) is 6.34. The van der Waals surface area contributed by atoms with Crippen LogP contribution in [0.3, 0.4) is 0 Å². The minimum absolute atomic E-state index is 0.106. The predicted molar refractivity (Wildman–Crippen MR) is 89.1 cm³/mol. The lowest BCUT2D eigenvalue weighted by Crippen LogP contribution is -2.49. The van der Waals surface area contributed by atoms with Gasteiger partial charge in [0.05, 0.1) is 13.2 Å². The molecule has 3 rings (SSSR count). The lowest BCUT2D eigenvalue weighted by Gasteiger charge is -2.31. The molecule has 8 heteroatoms. The normalized spacial score (nSPS) is 16.8. The number of fused-ring (bicyclic) bond motifs is 1. The number of nitrogens with zero attached hydrogens (tertiary/aromatic N) is 2. The van der Waals surface area contributed by atoms with Gasteiger partial charge in [-0.2, -0.15) is 0 Å². The number of ether oxygens (including phenoxy) is 1. The molecule has 0 spiro atoms. The van der Waals surface area contributed by atoms with E-state index in [1.807, 2.05) is 0 Å². The van der Waals surface area contributed by atoms with Gasteiger partial charge in [0.15, 0.2) is 0 Å². The van der Waals surface area contributed by atoms with Crippen molar-refractivity contribution in [2.24, 2.45) is 0 Å². The van der Waals surface area contributed by atoms with Crippen molar-refractivity contribution in [1.29, 1.82) is 0 Å². The maximum atomic E-state index is 14.1. The third-order valence-electron chi connectivity index (χ3n) is 3.87. The van der Waals surface area contributed by atoms with E-state index < -0.39 is 29.6 Å². The van der Waals surface area contributed by atoms with E-state index in [1.54, 1.807) is 19.1 Å². The van der Waals surface area contributed by atoms with Crippen LogP contribution < -0.4 is 0 Å². The molecular weight excluding hydrogens is 395 g/mol. The number of amides is 2. The molecule has 6 nitrogen and oxygen atoms in total. The minimum atomic E-state index is -1.29. The summed E-state index contributed by atoms with van der Waals surface area (Å²) in [5.41, 5.74) is 0.350. The zero-order chi connectivity index (χ0) is 18.1. The van der Waals surface area contributed by atoms with Crippen LogP contribution in [0.1, 0.15) is 29.0 Å². The molecule has 1 atom stereocenters. The van der Waals surface area contributed by atoms with Crippen LogP contribution in [0, 0.1) is 5.82 Å². The highest BCUT2D eigenvalue weighted by Gasteiger charge is 2.43. The molecule has 0 fully saturated rings. The number of hydrogen-bond donors (Lipinski definition) is 0. The van der Waals surface area contributed by atoms with E-state index in [0.29, 0.717) is 4.47 Å². The second kappa shape index (κ2) is 6.79. The van der Waals surface area contributed by atoms with Gasteiger partial charge in [-0.05, 0) is 31.2 Å². The van der Waals surface area contributed by atoms with Crippen molar-refractivity contribution < 1.29 is 23.5 Å². The molecular formula is C17H14BrFN2O4. The van der Waals surface area contributed by atoms with Crippen molar-refractivity contribution in [3.63, 3.8) is 0 Å². The fraction of sp³-hybridized carbons (Fsp3) is 0.235. The quantitative estimate of drug-likeness (QED) is 0.443. The maximum absolute atomic E-state index is 14.1. The second-order valence-electron chi connectivity index (χ2n) is 5.42. The molecule has 1 aliphatic heterocycles. The maximum Gasteiger partial charge on any atom is 0.339 e. The highest BCUT2D eigenvalue weighted by molar-refractivity contribution is 9.10. The Kier molecular flexibility index (Phi) is 4.71. The van der Waals surface area contributed by atoms with Crippen LogP contribution in [0.5, 0.6) is 0 Å². The topological polar surface area (TPSA) is 68.6 Å². The van der Waals surface area contributed by atoms with Gasteiger partial charge in [0.2, 0.25) is 6.04 Å². The van der Waals surface area contributed by atoms with Gasteiger partial charge in [-0.25, -0.2) is 9.18 Å². The fourth-order valence-corrected chi connectivity index (χ4v) is 3.04. The lowest BCUT2D eigenvalue weighted by molar-refractivity contribution is -0.154. The fourth-order valence-electron chi connectivity index (χ4n) is 2.71. The Labute approximate surface area is 151 Å². The first kappa shape index (κ1) is 17.3. The highest BCUT2D eigenvalue weighted by atomic mass is 79.9. The van der Waals surface area contributed by atoms with Gasteiger partial charge in [-0.3, -0.25) is 14.5 Å². The van der Waals surface area contributed by atoms with Gasteiger partial charge in [0, 0.05) is 16.2 Å². The van der Waals surface area contributed by atoms with E-state index in [2.05, 4.69) is 15.9 Å². The lowest BCUT2D eigenvalue weighted by atomic mass is 10.1. The molecule has 0 radical (unpaired) electrons. The van der Waals surface area contributed by atoms with Crippen molar-refractivity contribution >= 4 is 33.7 Å². The summed E-state index contributed by atoms with van der Waals surface area (Å²) in [4.78, 5) is 38.4. The molecule has 0 N–H and O–H groups in total. The van der Waals surface area contributed by atoms with Crippen LogP contribution in [0.15, 0.2) is 41.0 Å². The standard InChI is InChI=1S/C17H14BrFN2O4/c1-2-25-17(24)14-16(23)21(15(22)13-4-3-7-20(13)14)9-10-5-6-11(18)8-12(10)19/h3-8,14H,2,9H2,1H3. The van der Waals surface area contributed by atoms with Crippen molar-refractivity contribution in [2.45, 2.75) is 19.5 Å². The summed E-state index contributed by atoms with van der Waals surface area (Å²) >= 11 is 3.16. The zero-order valence-electron chi connectivity index (χ0n) is 13.2. The number of esters is 1. The van der Waals surface area contributed by atoms with E-state index in [-0.39, 0.29) is 24.4 Å². The summed E-state index contributed by atoms with van der Waals surface area (Å²) in [6, 6.07) is 6.12. The van der Waals surface area contributed by atoms with Crippen LogP contribution in [0.25, 0.3) is 0 Å². The number of benzene rings is 1. The average molecular weight is 409 g/mol. The van der Waals surface area contributed by atoms with Crippen LogP contribution in [0.4, 0.5) is 4.39 Å². The first-order valence-corrected chi connectivity index (χ1v) is 8.36. The van der Waals surface area contributed by atoms with Crippen molar-refractivity contribution in [3.05, 3.63) is 58.1 Å². The SMILES string of the molecule is CCOC(=O)C1C(=O)N(Cc2ccc(Br)cc2F)C(=O)c2cccn21. The first-order chi connectivity index (χ1) is 11.9. The molecule has 130 valence electrons. The summed E-state index contributed by atoms with van der Waals surface area (Å²) in [6.45, 7) is 1.47. The Bertz CT molecular complexity index is 864. The molecule has 0 aliphatic carbocycles. The van der Waals surface area contributed by atoms with E-state index in [0.717, 1.165) is 4.90 Å². The molecule has 25 heavy (non-hydrogen) atoms. The zero-order valence-corrected chi connectivity index (χ0v) is 14.8. The van der Waals surface area contributed by atoms with E-state index in [9.17, 15) is 18.8 Å². The van der Waals surface area contributed by atoms with Gasteiger partial charge in [0.25, 0.3) is 11.8 Å². The van der Waals surface area contributed by atoms with Gasteiger partial charge in [-0.1, -0.05) is 22.0 Å². The molecule has 1 aliphatic rings. The number of aromatic nitrogens is 1. The summed E-state index contributed by atoms with van der Waals surface area (Å²) < 4.78 is 20.9. The number of carbonyl (C=O) groups excluding carboxylic acids is 3. The largest absolute Gasteiger partial charge is 0.464 e. The van der Waals surface area contributed by atoms with Crippen LogP contribution in [-0.2, 0) is 20.9 Å². The third-order valence-corrected chi connectivity index (χ3v) is 4.37. The van der Waals surface area contributed by atoms with Gasteiger partial charge in [-0.15, -0.1) is 0 Å². The average Bonchev–Trinajstić information content (AvgIpc) is 3.03. The summed E-state index contributed by atoms with van der Waals surface area (Å²) in [6.07, 6.45) is 1.48. The molecule has 1 unspecified atom stereocenters. The summed E-state index contributed by atoms with van der Waals surface area (Å²) in [7, 11) is 0. The first-order valence-electron chi connectivity index (χ1n) is 7.57. The Morgan fingerprint density at radius 1 is 1.32 bits per heavy atom. The molecule has 1 aromatic heterocycles. The monoisotopic (exact) mass is 408 g/mol. The van der Waals surface area contributed by atoms with Crippen LogP contribution in [0.2, 0.25) is 0 Å². The van der Waals surface area contributed by atoms with Crippen LogP contribution >= 0.6 is 15.9 Å². The minimum Gasteiger partial charge on any atom is -0.464 e. The number of halogens is 2. The Hall–Kier alpha value is -2.48. The third kappa shape index (κ3) is 3.09. The predicted octanol–water partition coefficient (Wildman–Crippen LogP) is 2.68. The van der Waals surface area contributed by atoms with Gasteiger partial charge < -0.3 is 9.30 Å². The molecule has 2 aromatic rings. The Morgan fingerprint density at radius 3 is 2.76 bits per heavy atom. The highest BCUT2D eigenvalue weighted by Crippen LogP contribution is 2.27. The van der Waals surface area contributed by atoms with Crippen LogP contribution in [-0.4, -0.2) is 33.9 Å². The van der Waals surface area contributed by atoms with Crippen molar-refractivity contribution in [1.82, 2.24) is 9.47 Å². The summed E-state index contributed by atoms with van der Waals surface area (Å²) in [5, 5.41) is 0. The molecule has 0 saturated carbocycles. The summed E-state index contributed by atoms with van der Waals surface area (Å²) in [5.74, 6) is -2.63. The van der Waals surface area contributed by atoms with E-state index in [1.165, 1.54) is 29.0 Å². The molecule has 0 saturated heterocycles. The molecule has 1 aromatic carbocycles. The van der Waals surface area contributed by atoms with Crippen molar-refractivity contribution in [3.8, 4) is 0 Å². The Balaban J connectivity index is 1.98. The Morgan fingerprint density at radius 2 is 2.08 bits per heavy atom. The van der Waals surface area contributed by atoms with E-state index in [4.69, 9.17) is 4.74 Å². The van der Waals surface area contributed by atoms with Crippen molar-refractivity contribution in [2.75, 3.05) is 6.61 Å². The van der Waals surface area contributed by atoms with E-state index >= 15 is 0 Å². The number of carbonyl (C=O) groups is 3. The molecule has 2 amide bonds.